The van der Waals surface area contributed by atoms with Gasteiger partial charge < -0.3 is 14.8 Å². The zero-order valence-corrected chi connectivity index (χ0v) is 23.5. The van der Waals surface area contributed by atoms with Crippen LogP contribution in [0.15, 0.2) is 0 Å². The molecule has 4 unspecified atom stereocenters. The van der Waals surface area contributed by atoms with Crippen LogP contribution in [0.25, 0.3) is 0 Å². The minimum Gasteiger partial charge on any atom is -0.465 e. The maximum atomic E-state index is 13.0. The summed E-state index contributed by atoms with van der Waals surface area (Å²) >= 11 is 0. The van der Waals surface area contributed by atoms with Crippen molar-refractivity contribution in [3.8, 4) is 0 Å². The van der Waals surface area contributed by atoms with Crippen LogP contribution in [-0.2, 0) is 19.1 Å². The first kappa shape index (κ1) is 32.9. The number of carbonyl (C=O) groups is 2. The summed E-state index contributed by atoms with van der Waals surface area (Å²) in [6.45, 7) is 15.3. The number of nitrogens with one attached hydrogen (secondary N) is 1. The molecule has 34 heavy (non-hydrogen) atoms. The zero-order valence-electron chi connectivity index (χ0n) is 23.5. The topological polar surface area (TPSA) is 64.6 Å². The molecule has 0 aliphatic carbocycles. The van der Waals surface area contributed by atoms with Crippen molar-refractivity contribution < 1.29 is 19.1 Å². The molecule has 5 heteroatoms. The van der Waals surface area contributed by atoms with Crippen LogP contribution in [-0.4, -0.2) is 38.2 Å². The molecule has 4 atom stereocenters. The van der Waals surface area contributed by atoms with Crippen LogP contribution in [0.2, 0.25) is 0 Å². The molecule has 0 bridgehead atoms. The van der Waals surface area contributed by atoms with Gasteiger partial charge in [-0.25, -0.2) is 0 Å². The van der Waals surface area contributed by atoms with Gasteiger partial charge >= 0.3 is 11.9 Å². The van der Waals surface area contributed by atoms with Crippen LogP contribution in [0.3, 0.4) is 0 Å². The van der Waals surface area contributed by atoms with Crippen molar-refractivity contribution in [2.75, 3.05) is 26.3 Å². The summed E-state index contributed by atoms with van der Waals surface area (Å²) in [5.41, 5.74) is 0. The van der Waals surface area contributed by atoms with E-state index in [0.717, 1.165) is 64.3 Å². The Bertz CT molecular complexity index is 497. The first-order chi connectivity index (χ1) is 16.4. The molecule has 0 aromatic carbocycles. The highest BCUT2D eigenvalue weighted by Crippen LogP contribution is 2.17. The summed E-state index contributed by atoms with van der Waals surface area (Å²) in [6, 6.07) is 0. The standard InChI is InChI=1S/C29H57NO4/c1-7-13-16-24(10-4)20-30-21-27(29(32)34-23-26(12-6)18-15-9-3)19-28(31)33-22-25(11-5)17-14-8-2/h24-27,30H,7-23H2,1-6H3. The second-order valence-electron chi connectivity index (χ2n) is 10.1. The number of carbonyl (C=O) groups excluding carboxylic acids is 2. The molecule has 0 saturated carbocycles. The number of unbranched alkanes of at least 4 members (excludes halogenated alkanes) is 3. The maximum Gasteiger partial charge on any atom is 0.310 e. The minimum absolute atomic E-state index is 0.0908. The average molecular weight is 484 g/mol. The van der Waals surface area contributed by atoms with Crippen LogP contribution >= 0.6 is 0 Å². The molecule has 0 saturated heterocycles. The Balaban J connectivity index is 4.89. The van der Waals surface area contributed by atoms with Crippen molar-refractivity contribution >= 4 is 11.9 Å². The molecular formula is C29H57NO4. The van der Waals surface area contributed by atoms with Crippen molar-refractivity contribution in [1.82, 2.24) is 5.32 Å². The lowest BCUT2D eigenvalue weighted by Gasteiger charge is -2.21. The molecule has 5 nitrogen and oxygen atoms in total. The van der Waals surface area contributed by atoms with Crippen LogP contribution in [0.4, 0.5) is 0 Å². The Kier molecular flexibility index (Phi) is 21.6. The number of hydrogen-bond donors (Lipinski definition) is 1. The van der Waals surface area contributed by atoms with Crippen LogP contribution < -0.4 is 5.32 Å². The molecule has 0 amide bonds. The van der Waals surface area contributed by atoms with Crippen molar-refractivity contribution in [3.63, 3.8) is 0 Å². The van der Waals surface area contributed by atoms with E-state index >= 15 is 0 Å². The van der Waals surface area contributed by atoms with Gasteiger partial charge in [0.05, 0.1) is 25.6 Å². The lowest BCUT2D eigenvalue weighted by atomic mass is 9.98. The Morgan fingerprint density at radius 1 is 0.647 bits per heavy atom. The van der Waals surface area contributed by atoms with E-state index in [9.17, 15) is 9.59 Å². The fraction of sp³-hybridized carbons (Fsp3) is 0.931. The third-order valence-corrected chi connectivity index (χ3v) is 7.14. The van der Waals surface area contributed by atoms with Gasteiger partial charge in [-0.3, -0.25) is 9.59 Å². The van der Waals surface area contributed by atoms with Gasteiger partial charge in [-0.05, 0) is 43.6 Å². The van der Waals surface area contributed by atoms with Gasteiger partial charge in [0.25, 0.3) is 0 Å². The van der Waals surface area contributed by atoms with Crippen molar-refractivity contribution in [3.05, 3.63) is 0 Å². The predicted molar refractivity (Wildman–Crippen MR) is 143 cm³/mol. The van der Waals surface area contributed by atoms with Crippen molar-refractivity contribution in [2.24, 2.45) is 23.7 Å². The molecule has 0 aliphatic rings. The molecule has 0 aromatic heterocycles. The minimum atomic E-state index is -0.490. The van der Waals surface area contributed by atoms with Gasteiger partial charge in [0.1, 0.15) is 0 Å². The Labute approximate surface area is 211 Å². The number of rotatable bonds is 23. The zero-order chi connectivity index (χ0) is 25.6. The highest BCUT2D eigenvalue weighted by Gasteiger charge is 2.26. The molecule has 0 fully saturated rings. The summed E-state index contributed by atoms with van der Waals surface area (Å²) in [4.78, 5) is 25.6. The number of esters is 2. The van der Waals surface area contributed by atoms with Gasteiger partial charge in [-0.15, -0.1) is 0 Å². The van der Waals surface area contributed by atoms with E-state index in [4.69, 9.17) is 9.47 Å². The predicted octanol–water partition coefficient (Wildman–Crippen LogP) is 7.32. The molecule has 0 rings (SSSR count). The van der Waals surface area contributed by atoms with E-state index in [0.29, 0.717) is 37.5 Å². The van der Waals surface area contributed by atoms with Gasteiger partial charge in [0.15, 0.2) is 0 Å². The summed E-state index contributed by atoms with van der Waals surface area (Å²) in [6.07, 6.45) is 13.6. The van der Waals surface area contributed by atoms with Gasteiger partial charge in [-0.2, -0.15) is 0 Å². The second kappa shape index (κ2) is 22.4. The fourth-order valence-electron chi connectivity index (χ4n) is 4.23. The third kappa shape index (κ3) is 16.5. The van der Waals surface area contributed by atoms with E-state index in [1.54, 1.807) is 0 Å². The molecule has 202 valence electrons. The Morgan fingerprint density at radius 3 is 1.59 bits per heavy atom. The molecule has 0 aromatic rings. The van der Waals surface area contributed by atoms with Crippen LogP contribution in [0.1, 0.15) is 125 Å². The first-order valence-corrected chi connectivity index (χ1v) is 14.5. The second-order valence-corrected chi connectivity index (χ2v) is 10.1. The molecule has 0 heterocycles. The highest BCUT2D eigenvalue weighted by molar-refractivity contribution is 5.80. The van der Waals surface area contributed by atoms with E-state index in [-0.39, 0.29) is 18.4 Å². The molecule has 0 spiro atoms. The smallest absolute Gasteiger partial charge is 0.310 e. The highest BCUT2D eigenvalue weighted by atomic mass is 16.5. The van der Waals surface area contributed by atoms with E-state index in [2.05, 4.69) is 46.9 Å². The summed E-state index contributed by atoms with van der Waals surface area (Å²) in [7, 11) is 0. The number of ether oxygens (including phenoxy) is 2. The van der Waals surface area contributed by atoms with Gasteiger partial charge in [0.2, 0.25) is 0 Å². The Hall–Kier alpha value is -1.10. The largest absolute Gasteiger partial charge is 0.465 e. The monoisotopic (exact) mass is 483 g/mol. The van der Waals surface area contributed by atoms with E-state index < -0.39 is 5.92 Å². The molecule has 0 aliphatic heterocycles. The fourth-order valence-corrected chi connectivity index (χ4v) is 4.23. The maximum absolute atomic E-state index is 13.0. The lowest BCUT2D eigenvalue weighted by Crippen LogP contribution is -2.35. The number of hydrogen-bond acceptors (Lipinski definition) is 5. The third-order valence-electron chi connectivity index (χ3n) is 7.14. The van der Waals surface area contributed by atoms with Crippen LogP contribution in [0, 0.1) is 23.7 Å². The van der Waals surface area contributed by atoms with E-state index in [1.807, 2.05) is 0 Å². The quantitative estimate of drug-likeness (QED) is 0.154. The normalized spacial score (nSPS) is 14.9. The molecule has 1 N–H and O–H groups in total. The molecule has 0 radical (unpaired) electrons. The molecular weight excluding hydrogens is 426 g/mol. The lowest BCUT2D eigenvalue weighted by molar-refractivity contribution is -0.156. The summed E-state index contributed by atoms with van der Waals surface area (Å²) in [5.74, 6) is 0.363. The van der Waals surface area contributed by atoms with Gasteiger partial charge in [-0.1, -0.05) is 99.3 Å². The SMILES string of the molecule is CCCCC(CC)CNCC(CC(=O)OCC(CC)CCCC)C(=O)OCC(CC)CCCC. The Morgan fingerprint density at radius 2 is 1.12 bits per heavy atom. The summed E-state index contributed by atoms with van der Waals surface area (Å²) in [5, 5.41) is 3.46. The van der Waals surface area contributed by atoms with Crippen molar-refractivity contribution in [1.29, 1.82) is 0 Å². The van der Waals surface area contributed by atoms with Crippen molar-refractivity contribution in [2.45, 2.75) is 125 Å². The first-order valence-electron chi connectivity index (χ1n) is 14.5. The average Bonchev–Trinajstić information content (AvgIpc) is 2.85. The van der Waals surface area contributed by atoms with Gasteiger partial charge in [0, 0.05) is 6.54 Å². The summed E-state index contributed by atoms with van der Waals surface area (Å²) < 4.78 is 11.3. The van der Waals surface area contributed by atoms with E-state index in [1.165, 1.54) is 19.3 Å². The van der Waals surface area contributed by atoms with Crippen LogP contribution in [0.5, 0.6) is 0 Å².